The number of hydrogen-bond donors (Lipinski definition) is 1. The molecule has 0 spiro atoms. The van der Waals surface area contributed by atoms with Crippen LogP contribution in [-0.2, 0) is 12.0 Å². The van der Waals surface area contributed by atoms with Crippen molar-refractivity contribution in [3.8, 4) is 5.75 Å². The van der Waals surface area contributed by atoms with Crippen LogP contribution < -0.4 is 10.5 Å². The topological polar surface area (TPSA) is 48.1 Å². The molecule has 0 saturated carbocycles. The van der Waals surface area contributed by atoms with E-state index < -0.39 is 0 Å². The van der Waals surface area contributed by atoms with Crippen molar-refractivity contribution in [2.75, 3.05) is 5.73 Å². The molecule has 0 aliphatic rings. The second-order valence-electron chi connectivity index (χ2n) is 6.17. The van der Waals surface area contributed by atoms with Crippen LogP contribution in [0, 0.1) is 13.8 Å². The van der Waals surface area contributed by atoms with Gasteiger partial charge in [-0.05, 0) is 31.0 Å². The summed E-state index contributed by atoms with van der Waals surface area (Å²) in [5, 5.41) is 3.08. The molecular weight excluding hydrogens is 268 g/mol. The first-order valence-corrected chi connectivity index (χ1v) is 7.60. The van der Waals surface area contributed by atoms with E-state index in [9.17, 15) is 0 Å². The SMILES string of the molecule is Cc1cc(C)c(OCc2nc(C(C)(C)C)cs2)c(N)c1. The smallest absolute Gasteiger partial charge is 0.145 e. The van der Waals surface area contributed by atoms with Crippen LogP contribution in [0.4, 0.5) is 5.69 Å². The minimum atomic E-state index is 0.0769. The lowest BCUT2D eigenvalue weighted by Crippen LogP contribution is -2.11. The molecular formula is C16H22N2OS. The van der Waals surface area contributed by atoms with Gasteiger partial charge in [0.25, 0.3) is 0 Å². The van der Waals surface area contributed by atoms with Gasteiger partial charge < -0.3 is 10.5 Å². The zero-order valence-corrected chi connectivity index (χ0v) is 13.6. The Labute approximate surface area is 124 Å². The van der Waals surface area contributed by atoms with E-state index in [1.165, 1.54) is 0 Å². The van der Waals surface area contributed by atoms with Crippen molar-refractivity contribution in [3.63, 3.8) is 0 Å². The molecule has 0 saturated heterocycles. The molecule has 0 aliphatic carbocycles. The zero-order valence-electron chi connectivity index (χ0n) is 12.8. The van der Waals surface area contributed by atoms with Crippen molar-refractivity contribution >= 4 is 17.0 Å². The second-order valence-corrected chi connectivity index (χ2v) is 7.11. The number of thiazole rings is 1. The Morgan fingerprint density at radius 3 is 2.50 bits per heavy atom. The van der Waals surface area contributed by atoms with E-state index >= 15 is 0 Å². The molecule has 2 rings (SSSR count). The maximum absolute atomic E-state index is 6.02. The van der Waals surface area contributed by atoms with E-state index in [4.69, 9.17) is 10.5 Å². The van der Waals surface area contributed by atoms with E-state index in [0.29, 0.717) is 12.3 Å². The Balaban J connectivity index is 2.12. The summed E-state index contributed by atoms with van der Waals surface area (Å²) in [6.07, 6.45) is 0. The fraction of sp³-hybridized carbons (Fsp3) is 0.438. The van der Waals surface area contributed by atoms with E-state index in [1.54, 1.807) is 11.3 Å². The molecule has 1 aromatic carbocycles. The monoisotopic (exact) mass is 290 g/mol. The molecule has 0 fully saturated rings. The summed E-state index contributed by atoms with van der Waals surface area (Å²) in [6, 6.07) is 4.01. The maximum Gasteiger partial charge on any atom is 0.145 e. The Hall–Kier alpha value is -1.55. The van der Waals surface area contributed by atoms with Crippen molar-refractivity contribution in [2.24, 2.45) is 0 Å². The van der Waals surface area contributed by atoms with Crippen LogP contribution >= 0.6 is 11.3 Å². The number of nitrogens with zero attached hydrogens (tertiary/aromatic N) is 1. The highest BCUT2D eigenvalue weighted by atomic mass is 32.1. The van der Waals surface area contributed by atoms with Crippen LogP contribution in [-0.4, -0.2) is 4.98 Å². The molecule has 2 N–H and O–H groups in total. The minimum absolute atomic E-state index is 0.0769. The van der Waals surface area contributed by atoms with Crippen LogP contribution in [0.2, 0.25) is 0 Å². The van der Waals surface area contributed by atoms with Gasteiger partial charge in [0.05, 0.1) is 11.4 Å². The first kappa shape index (κ1) is 14.9. The van der Waals surface area contributed by atoms with Crippen LogP contribution in [0.25, 0.3) is 0 Å². The lowest BCUT2D eigenvalue weighted by Gasteiger charge is -2.14. The Bertz CT molecular complexity index is 588. The highest BCUT2D eigenvalue weighted by molar-refractivity contribution is 7.09. The standard InChI is InChI=1S/C16H22N2OS/c1-10-6-11(2)15(12(17)7-10)19-8-14-18-13(9-20-14)16(3,4)5/h6-7,9H,8,17H2,1-5H3. The van der Waals surface area contributed by atoms with Crippen molar-refractivity contribution < 1.29 is 4.74 Å². The molecule has 4 heteroatoms. The number of anilines is 1. The summed E-state index contributed by atoms with van der Waals surface area (Å²) in [4.78, 5) is 4.63. The third-order valence-electron chi connectivity index (χ3n) is 3.11. The van der Waals surface area contributed by atoms with Crippen LogP contribution in [0.3, 0.4) is 0 Å². The lowest BCUT2D eigenvalue weighted by molar-refractivity contribution is 0.304. The number of hydrogen-bond acceptors (Lipinski definition) is 4. The molecule has 0 radical (unpaired) electrons. The molecule has 20 heavy (non-hydrogen) atoms. The number of aryl methyl sites for hydroxylation is 2. The third-order valence-corrected chi connectivity index (χ3v) is 3.93. The molecule has 1 heterocycles. The Kier molecular flexibility index (Phi) is 4.04. The predicted octanol–water partition coefficient (Wildman–Crippen LogP) is 4.22. The van der Waals surface area contributed by atoms with E-state index in [1.807, 2.05) is 19.9 Å². The summed E-state index contributed by atoms with van der Waals surface area (Å²) in [5.74, 6) is 0.767. The fourth-order valence-corrected chi connectivity index (χ4v) is 2.97. The molecule has 2 aromatic rings. The summed E-state index contributed by atoms with van der Waals surface area (Å²) >= 11 is 1.63. The fourth-order valence-electron chi connectivity index (χ4n) is 2.04. The van der Waals surface area contributed by atoms with E-state index in [-0.39, 0.29) is 5.41 Å². The van der Waals surface area contributed by atoms with E-state index in [0.717, 1.165) is 27.6 Å². The van der Waals surface area contributed by atoms with Crippen LogP contribution in [0.1, 0.15) is 42.6 Å². The maximum atomic E-state index is 6.02. The first-order valence-electron chi connectivity index (χ1n) is 6.72. The highest BCUT2D eigenvalue weighted by Gasteiger charge is 2.17. The van der Waals surface area contributed by atoms with Gasteiger partial charge in [-0.2, -0.15) is 0 Å². The second kappa shape index (κ2) is 5.44. The van der Waals surface area contributed by atoms with Crippen LogP contribution in [0.5, 0.6) is 5.75 Å². The van der Waals surface area contributed by atoms with Gasteiger partial charge in [-0.15, -0.1) is 11.3 Å². The van der Waals surface area contributed by atoms with Gasteiger partial charge in [0.1, 0.15) is 17.4 Å². The number of aromatic nitrogens is 1. The summed E-state index contributed by atoms with van der Waals surface area (Å²) in [5.41, 5.74) is 10.1. The van der Waals surface area contributed by atoms with Gasteiger partial charge in [-0.3, -0.25) is 0 Å². The van der Waals surface area contributed by atoms with Gasteiger partial charge in [0.15, 0.2) is 0 Å². The lowest BCUT2D eigenvalue weighted by atomic mass is 9.93. The highest BCUT2D eigenvalue weighted by Crippen LogP contribution is 2.29. The van der Waals surface area contributed by atoms with Gasteiger partial charge >= 0.3 is 0 Å². The Morgan fingerprint density at radius 1 is 1.25 bits per heavy atom. The molecule has 0 bridgehead atoms. The van der Waals surface area contributed by atoms with Gasteiger partial charge in [-0.25, -0.2) is 4.98 Å². The van der Waals surface area contributed by atoms with Crippen molar-refractivity contribution in [1.82, 2.24) is 4.98 Å². The van der Waals surface area contributed by atoms with Crippen molar-refractivity contribution in [2.45, 2.75) is 46.6 Å². The first-order chi connectivity index (χ1) is 9.27. The van der Waals surface area contributed by atoms with Gasteiger partial charge in [-0.1, -0.05) is 26.8 Å². The van der Waals surface area contributed by atoms with E-state index in [2.05, 4.69) is 37.2 Å². The van der Waals surface area contributed by atoms with Gasteiger partial charge in [0.2, 0.25) is 0 Å². The molecule has 0 atom stereocenters. The molecule has 3 nitrogen and oxygen atoms in total. The van der Waals surface area contributed by atoms with Gasteiger partial charge in [0, 0.05) is 10.8 Å². The summed E-state index contributed by atoms with van der Waals surface area (Å²) < 4.78 is 5.86. The summed E-state index contributed by atoms with van der Waals surface area (Å²) in [6.45, 7) is 11.0. The number of nitrogen functional groups attached to an aromatic ring is 1. The molecule has 108 valence electrons. The average molecular weight is 290 g/mol. The Morgan fingerprint density at radius 2 is 1.95 bits per heavy atom. The minimum Gasteiger partial charge on any atom is -0.484 e. The van der Waals surface area contributed by atoms with Crippen LogP contribution in [0.15, 0.2) is 17.5 Å². The number of rotatable bonds is 3. The normalized spacial score (nSPS) is 11.7. The largest absolute Gasteiger partial charge is 0.484 e. The quantitative estimate of drug-likeness (QED) is 0.861. The number of benzene rings is 1. The third kappa shape index (κ3) is 3.31. The predicted molar refractivity (Wildman–Crippen MR) is 85.5 cm³/mol. The van der Waals surface area contributed by atoms with Crippen molar-refractivity contribution in [3.05, 3.63) is 39.3 Å². The zero-order chi connectivity index (χ0) is 14.9. The summed E-state index contributed by atoms with van der Waals surface area (Å²) in [7, 11) is 0. The molecule has 0 unspecified atom stereocenters. The molecule has 1 aromatic heterocycles. The number of nitrogens with two attached hydrogens (primary N) is 1. The number of ether oxygens (including phenoxy) is 1. The molecule has 0 aliphatic heterocycles. The average Bonchev–Trinajstić information content (AvgIpc) is 2.75. The van der Waals surface area contributed by atoms with Crippen molar-refractivity contribution in [1.29, 1.82) is 0 Å². The molecule has 0 amide bonds.